The van der Waals surface area contributed by atoms with E-state index in [2.05, 4.69) is 113 Å². The maximum Gasteiger partial charge on any atom is 0.162 e. The number of fused-ring (bicyclic) bond motifs is 2. The molecule has 0 unspecified atom stereocenters. The summed E-state index contributed by atoms with van der Waals surface area (Å²) >= 11 is 0. The maximum absolute atomic E-state index is 5.87. The number of aryl methyl sites for hydroxylation is 2. The van der Waals surface area contributed by atoms with Gasteiger partial charge in [-0.25, -0.2) is 39.9 Å². The van der Waals surface area contributed by atoms with Crippen LogP contribution in [-0.2, 0) is 9.47 Å². The van der Waals surface area contributed by atoms with Crippen LogP contribution < -0.4 is 49.7 Å². The maximum atomic E-state index is 5.87. The zero-order valence-electron chi connectivity index (χ0n) is 43.4. The molecule has 12 rings (SSSR count). The third kappa shape index (κ3) is 9.64. The Morgan fingerprint density at radius 1 is 0.487 bits per heavy atom. The molecule has 20 heteroatoms. The highest BCUT2D eigenvalue weighted by molar-refractivity contribution is 5.97. The van der Waals surface area contributed by atoms with E-state index in [0.29, 0.717) is 72.2 Å². The lowest BCUT2D eigenvalue weighted by atomic mass is 10.1. The summed E-state index contributed by atoms with van der Waals surface area (Å²) in [5, 5.41) is 12.9. The third-order valence-corrected chi connectivity index (χ3v) is 14.6. The van der Waals surface area contributed by atoms with Crippen LogP contribution in [0.4, 0.5) is 46.0 Å². The fourth-order valence-corrected chi connectivity index (χ4v) is 10.7. The van der Waals surface area contributed by atoms with Crippen LogP contribution in [0, 0.1) is 13.8 Å². The Bertz CT molecular complexity index is 3160. The number of hydrogen-bond acceptors (Lipinski definition) is 20. The first-order chi connectivity index (χ1) is 37.4. The van der Waals surface area contributed by atoms with Crippen LogP contribution in [0.1, 0.15) is 11.1 Å². The van der Waals surface area contributed by atoms with Gasteiger partial charge in [-0.3, -0.25) is 9.97 Å². The lowest BCUT2D eigenvalue weighted by Gasteiger charge is -2.39. The van der Waals surface area contributed by atoms with Crippen LogP contribution in [0.2, 0.25) is 0 Å². The van der Waals surface area contributed by atoms with Crippen molar-refractivity contribution < 1.29 is 18.9 Å². The molecule has 0 atom stereocenters. The molecule has 10 heterocycles. The molecular formula is C56H62N16O4. The minimum absolute atomic E-state index is 0.539. The summed E-state index contributed by atoms with van der Waals surface area (Å²) in [6, 6.07) is 21.3. The predicted molar refractivity (Wildman–Crippen MR) is 297 cm³/mol. The van der Waals surface area contributed by atoms with Crippen LogP contribution in [0.5, 0.6) is 11.5 Å². The number of benzene rings is 2. The molecule has 6 aromatic heterocycles. The van der Waals surface area contributed by atoms with Crippen molar-refractivity contribution in [2.75, 3.05) is 149 Å². The molecule has 4 aliphatic rings. The Balaban J connectivity index is 1.06. The molecule has 0 bridgehead atoms. The smallest absolute Gasteiger partial charge is 0.162 e. The van der Waals surface area contributed by atoms with Crippen molar-refractivity contribution in [2.24, 2.45) is 0 Å². The minimum Gasteiger partial charge on any atom is -0.494 e. The number of pyridine rings is 4. The molecule has 0 radical (unpaired) electrons. The highest BCUT2D eigenvalue weighted by Gasteiger charge is 2.30. The van der Waals surface area contributed by atoms with Gasteiger partial charge in [-0.2, -0.15) is 0 Å². The van der Waals surface area contributed by atoms with Crippen molar-refractivity contribution in [3.05, 3.63) is 109 Å². The molecule has 0 saturated carbocycles. The lowest BCUT2D eigenvalue weighted by molar-refractivity contribution is 0.122. The average Bonchev–Trinajstić information content (AvgIpc) is 3.53. The molecule has 76 heavy (non-hydrogen) atoms. The van der Waals surface area contributed by atoms with E-state index >= 15 is 0 Å². The minimum atomic E-state index is 0.539. The fourth-order valence-electron chi connectivity index (χ4n) is 10.7. The van der Waals surface area contributed by atoms with Gasteiger partial charge in [0.2, 0.25) is 0 Å². The second-order valence-electron chi connectivity index (χ2n) is 19.3. The van der Waals surface area contributed by atoms with E-state index in [-0.39, 0.29) is 0 Å². The highest BCUT2D eigenvalue weighted by Crippen LogP contribution is 2.43. The van der Waals surface area contributed by atoms with Crippen molar-refractivity contribution in [2.45, 2.75) is 13.8 Å². The monoisotopic (exact) mass is 1020 g/mol. The van der Waals surface area contributed by atoms with Gasteiger partial charge in [-0.05, 0) is 85.6 Å². The number of nitrogens with zero attached hydrogens (tertiary/aromatic N) is 14. The number of ether oxygens (including phenoxy) is 4. The summed E-state index contributed by atoms with van der Waals surface area (Å²) in [5.74, 6) is 5.15. The first kappa shape index (κ1) is 48.9. The summed E-state index contributed by atoms with van der Waals surface area (Å²) in [6.07, 6.45) is 10.7. The lowest BCUT2D eigenvalue weighted by Crippen LogP contribution is -2.44. The highest BCUT2D eigenvalue weighted by atomic mass is 16.5. The van der Waals surface area contributed by atoms with Gasteiger partial charge in [-0.1, -0.05) is 0 Å². The molecule has 4 saturated heterocycles. The molecular weight excluding hydrogens is 961 g/mol. The molecule has 0 spiro atoms. The molecule has 0 amide bonds. The topological polar surface area (TPSA) is 184 Å². The number of anilines is 8. The van der Waals surface area contributed by atoms with Crippen molar-refractivity contribution >= 4 is 67.8 Å². The summed E-state index contributed by atoms with van der Waals surface area (Å²) in [7, 11) is 3.32. The number of piperazine rings is 2. The second-order valence-corrected chi connectivity index (χ2v) is 19.3. The third-order valence-electron chi connectivity index (χ3n) is 14.6. The van der Waals surface area contributed by atoms with Gasteiger partial charge in [-0.15, -0.1) is 0 Å². The number of nitrogens with one attached hydrogen (secondary N) is 2. The predicted octanol–water partition coefficient (Wildman–Crippen LogP) is 6.50. The standard InChI is InChI=1S/C56H62N16O4/c1-37-29-41(67-21-25-75-26-22-67)5-7-45(37)71(49-31-39(9-11-61-49)53-63-43-33-59-35-47(73-3)51(43)55(65-53)69-17-13-57-14-18-69)72(46-8-6-42(30-38(46)2)68-23-27-76-28-24-68)50-32-40(10-12-62-50)54-64-44-34-60-36-48(74-4)52(44)56(66-54)70-19-15-58-16-20-70/h5-12,29-36,57-58H,13-28H2,1-4H3. The van der Waals surface area contributed by atoms with Crippen molar-refractivity contribution in [1.82, 2.24) is 50.5 Å². The second kappa shape index (κ2) is 21.7. The molecule has 390 valence electrons. The van der Waals surface area contributed by atoms with Crippen molar-refractivity contribution in [3.8, 4) is 34.3 Å². The van der Waals surface area contributed by atoms with E-state index in [1.165, 1.54) is 0 Å². The largest absolute Gasteiger partial charge is 0.494 e. The van der Waals surface area contributed by atoms with E-state index in [1.807, 2.05) is 24.5 Å². The van der Waals surface area contributed by atoms with E-state index < -0.39 is 0 Å². The van der Waals surface area contributed by atoms with Crippen molar-refractivity contribution in [3.63, 3.8) is 0 Å². The van der Waals surface area contributed by atoms with Crippen LogP contribution in [0.15, 0.2) is 97.8 Å². The number of rotatable bonds is 13. The number of hydrogen-bond donors (Lipinski definition) is 2. The van der Waals surface area contributed by atoms with Gasteiger partial charge in [0.15, 0.2) is 23.3 Å². The first-order valence-corrected chi connectivity index (χ1v) is 26.1. The van der Waals surface area contributed by atoms with Crippen LogP contribution >= 0.6 is 0 Å². The SMILES string of the molecule is COc1cncc2nc(-c3ccnc(N(c4ccc(N5CCOCC5)cc4C)N(c4cc(-c5nc(N6CCNCC6)c6c(OC)cncc6n5)ccn4)c4ccc(N5CCOCC5)cc4C)c3)nc(N3CCNCC3)c12. The van der Waals surface area contributed by atoms with Crippen molar-refractivity contribution in [1.29, 1.82) is 0 Å². The molecule has 20 nitrogen and oxygen atoms in total. The number of aromatic nitrogens is 8. The van der Waals surface area contributed by atoms with Crippen LogP contribution in [0.3, 0.4) is 0 Å². The fraction of sp³-hybridized carbons (Fsp3) is 0.357. The molecule has 2 N–H and O–H groups in total. The molecule has 4 fully saturated rings. The first-order valence-electron chi connectivity index (χ1n) is 26.1. The van der Waals surface area contributed by atoms with Crippen LogP contribution in [-0.4, -0.2) is 159 Å². The number of methoxy groups -OCH3 is 2. The van der Waals surface area contributed by atoms with E-state index in [9.17, 15) is 0 Å². The summed E-state index contributed by atoms with van der Waals surface area (Å²) in [6.45, 7) is 16.7. The van der Waals surface area contributed by atoms with Crippen LogP contribution in [0.25, 0.3) is 44.6 Å². The molecule has 0 aliphatic carbocycles. The van der Waals surface area contributed by atoms with E-state index in [0.717, 1.165) is 146 Å². The Labute approximate surface area is 441 Å². The average molecular weight is 1020 g/mol. The molecule has 4 aliphatic heterocycles. The Morgan fingerprint density at radius 3 is 1.30 bits per heavy atom. The van der Waals surface area contributed by atoms with Gasteiger partial charge in [0.1, 0.15) is 23.1 Å². The van der Waals surface area contributed by atoms with Gasteiger partial charge < -0.3 is 49.2 Å². The zero-order valence-corrected chi connectivity index (χ0v) is 43.4. The molecule has 8 aromatic rings. The Kier molecular flexibility index (Phi) is 13.9. The molecule has 2 aromatic carbocycles. The quantitative estimate of drug-likeness (QED) is 0.119. The van der Waals surface area contributed by atoms with E-state index in [4.69, 9.17) is 48.9 Å². The summed E-state index contributed by atoms with van der Waals surface area (Å²) in [4.78, 5) is 49.9. The Morgan fingerprint density at radius 2 is 0.908 bits per heavy atom. The summed E-state index contributed by atoms with van der Waals surface area (Å²) in [5.41, 5.74) is 9.00. The Hall–Kier alpha value is -8.04. The van der Waals surface area contributed by atoms with Gasteiger partial charge >= 0.3 is 0 Å². The summed E-state index contributed by atoms with van der Waals surface area (Å²) < 4.78 is 23.3. The number of hydrazine groups is 1. The normalized spacial score (nSPS) is 16.3. The van der Waals surface area contributed by atoms with Gasteiger partial charge in [0, 0.05) is 113 Å². The van der Waals surface area contributed by atoms with Gasteiger partial charge in [0.05, 0.1) is 98.6 Å². The number of morpholine rings is 2. The van der Waals surface area contributed by atoms with E-state index in [1.54, 1.807) is 39.0 Å². The zero-order chi connectivity index (χ0) is 51.5. The van der Waals surface area contributed by atoms with Gasteiger partial charge in [0.25, 0.3) is 0 Å².